The van der Waals surface area contributed by atoms with Crippen molar-refractivity contribution in [1.82, 2.24) is 0 Å². The molecule has 0 unspecified atom stereocenters. The third kappa shape index (κ3) is 2.98. The van der Waals surface area contributed by atoms with E-state index < -0.39 is 5.97 Å². The zero-order valence-electron chi connectivity index (χ0n) is 10.6. The van der Waals surface area contributed by atoms with Crippen LogP contribution >= 0.6 is 15.9 Å². The Kier molecular flexibility index (Phi) is 4.06. The predicted octanol–water partition coefficient (Wildman–Crippen LogP) is 4.12. The number of hydrogen-bond donors (Lipinski definition) is 1. The van der Waals surface area contributed by atoms with E-state index in [1.807, 2.05) is 13.0 Å². The van der Waals surface area contributed by atoms with Crippen molar-refractivity contribution in [2.75, 3.05) is 0 Å². The zero-order chi connectivity index (χ0) is 14.7. The molecule has 4 nitrogen and oxygen atoms in total. The monoisotopic (exact) mass is 331 g/mol. The van der Waals surface area contributed by atoms with Gasteiger partial charge in [-0.05, 0) is 58.7 Å². The van der Waals surface area contributed by atoms with Crippen LogP contribution in [0.1, 0.15) is 21.5 Å². The minimum Gasteiger partial charge on any atom is -0.478 e. The molecular formula is C15H10BrNO3. The summed E-state index contributed by atoms with van der Waals surface area (Å²) in [6.07, 6.45) is 0. The summed E-state index contributed by atoms with van der Waals surface area (Å²) in [5.74, 6) is 0.0564. The highest BCUT2D eigenvalue weighted by molar-refractivity contribution is 9.10. The number of carbonyl (C=O) groups is 1. The number of carboxylic acid groups (broad SMARTS) is 1. The Morgan fingerprint density at radius 3 is 2.60 bits per heavy atom. The van der Waals surface area contributed by atoms with Gasteiger partial charge in [-0.2, -0.15) is 5.26 Å². The normalized spacial score (nSPS) is 9.85. The van der Waals surface area contributed by atoms with Gasteiger partial charge in [0, 0.05) is 0 Å². The van der Waals surface area contributed by atoms with Crippen molar-refractivity contribution in [3.05, 3.63) is 57.6 Å². The van der Waals surface area contributed by atoms with Gasteiger partial charge in [-0.1, -0.05) is 6.07 Å². The van der Waals surface area contributed by atoms with Crippen molar-refractivity contribution in [3.8, 4) is 17.6 Å². The summed E-state index contributed by atoms with van der Waals surface area (Å²) in [5, 5.41) is 17.8. The van der Waals surface area contributed by atoms with Crippen LogP contribution in [0.15, 0.2) is 40.9 Å². The number of aryl methyl sites for hydroxylation is 1. The lowest BCUT2D eigenvalue weighted by molar-refractivity contribution is 0.0697. The Labute approximate surface area is 124 Å². The number of rotatable bonds is 3. The van der Waals surface area contributed by atoms with Crippen LogP contribution in [0, 0.1) is 18.3 Å². The maximum atomic E-state index is 10.9. The molecule has 0 saturated heterocycles. The highest BCUT2D eigenvalue weighted by Crippen LogP contribution is 2.32. The van der Waals surface area contributed by atoms with Crippen LogP contribution in [-0.2, 0) is 0 Å². The molecule has 0 atom stereocenters. The first kappa shape index (κ1) is 14.1. The van der Waals surface area contributed by atoms with Crippen LogP contribution in [0.2, 0.25) is 0 Å². The molecule has 2 aromatic rings. The molecule has 0 radical (unpaired) electrons. The third-order valence-electron chi connectivity index (χ3n) is 2.72. The standard InChI is InChI=1S/C15H10BrNO3/c1-9-2-3-10(8-17)6-14(9)20-13-5-4-11(15(18)19)7-12(13)16/h2-7H,1H3,(H,18,19). The summed E-state index contributed by atoms with van der Waals surface area (Å²) >= 11 is 3.28. The Balaban J connectivity index is 2.35. The second kappa shape index (κ2) is 5.76. The molecule has 0 aliphatic rings. The average molecular weight is 332 g/mol. The molecule has 0 spiro atoms. The molecule has 0 amide bonds. The summed E-state index contributed by atoms with van der Waals surface area (Å²) < 4.78 is 6.27. The van der Waals surface area contributed by atoms with Gasteiger partial charge in [-0.15, -0.1) is 0 Å². The summed E-state index contributed by atoms with van der Waals surface area (Å²) in [6, 6.07) is 11.7. The smallest absolute Gasteiger partial charge is 0.335 e. The topological polar surface area (TPSA) is 70.3 Å². The van der Waals surface area contributed by atoms with Gasteiger partial charge in [-0.25, -0.2) is 4.79 Å². The Morgan fingerprint density at radius 1 is 1.25 bits per heavy atom. The van der Waals surface area contributed by atoms with Crippen LogP contribution in [0.4, 0.5) is 0 Å². The maximum Gasteiger partial charge on any atom is 0.335 e. The van der Waals surface area contributed by atoms with E-state index in [9.17, 15) is 4.79 Å². The fraction of sp³-hybridized carbons (Fsp3) is 0.0667. The van der Waals surface area contributed by atoms with E-state index in [-0.39, 0.29) is 5.56 Å². The van der Waals surface area contributed by atoms with Crippen LogP contribution in [0.5, 0.6) is 11.5 Å². The van der Waals surface area contributed by atoms with Gasteiger partial charge in [0.2, 0.25) is 0 Å². The van der Waals surface area contributed by atoms with Crippen molar-refractivity contribution in [3.63, 3.8) is 0 Å². The molecule has 1 N–H and O–H groups in total. The minimum atomic E-state index is -1.00. The lowest BCUT2D eigenvalue weighted by Crippen LogP contribution is -1.97. The number of ether oxygens (including phenoxy) is 1. The molecule has 2 rings (SSSR count). The molecule has 0 heterocycles. The molecule has 0 aromatic heterocycles. The summed E-state index contributed by atoms with van der Waals surface area (Å²) in [7, 11) is 0. The molecule has 5 heteroatoms. The first-order valence-corrected chi connectivity index (χ1v) is 6.52. The lowest BCUT2D eigenvalue weighted by Gasteiger charge is -2.11. The van der Waals surface area contributed by atoms with E-state index in [2.05, 4.69) is 15.9 Å². The highest BCUT2D eigenvalue weighted by Gasteiger charge is 2.10. The van der Waals surface area contributed by atoms with Gasteiger partial charge in [0.1, 0.15) is 11.5 Å². The fourth-order valence-electron chi connectivity index (χ4n) is 1.61. The Bertz CT molecular complexity index is 720. The van der Waals surface area contributed by atoms with Gasteiger partial charge >= 0.3 is 5.97 Å². The predicted molar refractivity (Wildman–Crippen MR) is 77.1 cm³/mol. The Hall–Kier alpha value is -2.32. The number of halogens is 1. The lowest BCUT2D eigenvalue weighted by atomic mass is 10.1. The van der Waals surface area contributed by atoms with Crippen LogP contribution in [-0.4, -0.2) is 11.1 Å². The van der Waals surface area contributed by atoms with Crippen molar-refractivity contribution in [2.24, 2.45) is 0 Å². The van der Waals surface area contributed by atoms with Crippen molar-refractivity contribution in [2.45, 2.75) is 6.92 Å². The number of hydrogen-bond acceptors (Lipinski definition) is 3. The average Bonchev–Trinajstić information content (AvgIpc) is 2.43. The van der Waals surface area contributed by atoms with Gasteiger partial charge in [0.25, 0.3) is 0 Å². The number of nitrogens with zero attached hydrogens (tertiary/aromatic N) is 1. The number of benzene rings is 2. The summed E-state index contributed by atoms with van der Waals surface area (Å²) in [5.41, 5.74) is 1.56. The third-order valence-corrected chi connectivity index (χ3v) is 3.34. The fourth-order valence-corrected chi connectivity index (χ4v) is 2.07. The van der Waals surface area contributed by atoms with Crippen molar-refractivity contribution < 1.29 is 14.6 Å². The van der Waals surface area contributed by atoms with E-state index in [1.54, 1.807) is 24.3 Å². The quantitative estimate of drug-likeness (QED) is 0.918. The number of aromatic carboxylic acids is 1. The van der Waals surface area contributed by atoms with E-state index >= 15 is 0 Å². The van der Waals surface area contributed by atoms with Crippen LogP contribution in [0.25, 0.3) is 0 Å². The molecule has 2 aromatic carbocycles. The SMILES string of the molecule is Cc1ccc(C#N)cc1Oc1ccc(C(=O)O)cc1Br. The summed E-state index contributed by atoms with van der Waals surface area (Å²) in [6.45, 7) is 1.87. The number of nitriles is 1. The van der Waals surface area contributed by atoms with Crippen LogP contribution in [0.3, 0.4) is 0 Å². The second-order valence-electron chi connectivity index (χ2n) is 4.14. The minimum absolute atomic E-state index is 0.173. The molecule has 0 aliphatic carbocycles. The van der Waals surface area contributed by atoms with E-state index in [1.165, 1.54) is 12.1 Å². The highest BCUT2D eigenvalue weighted by atomic mass is 79.9. The van der Waals surface area contributed by atoms with Gasteiger partial charge in [0.15, 0.2) is 0 Å². The van der Waals surface area contributed by atoms with E-state index in [4.69, 9.17) is 15.1 Å². The largest absolute Gasteiger partial charge is 0.478 e. The van der Waals surface area contributed by atoms with E-state index in [0.717, 1.165) is 5.56 Å². The van der Waals surface area contributed by atoms with Crippen molar-refractivity contribution in [1.29, 1.82) is 5.26 Å². The van der Waals surface area contributed by atoms with Crippen LogP contribution < -0.4 is 4.74 Å². The molecule has 0 saturated carbocycles. The van der Waals surface area contributed by atoms with Gasteiger partial charge in [0.05, 0.1) is 21.7 Å². The number of carboxylic acids is 1. The van der Waals surface area contributed by atoms with E-state index in [0.29, 0.717) is 21.5 Å². The molecule has 100 valence electrons. The maximum absolute atomic E-state index is 10.9. The van der Waals surface area contributed by atoms with Gasteiger partial charge in [-0.3, -0.25) is 0 Å². The van der Waals surface area contributed by atoms with Gasteiger partial charge < -0.3 is 9.84 Å². The zero-order valence-corrected chi connectivity index (χ0v) is 12.1. The molecule has 0 bridgehead atoms. The first-order chi connectivity index (χ1) is 9.51. The molecule has 0 aliphatic heterocycles. The summed E-state index contributed by atoms with van der Waals surface area (Å²) in [4.78, 5) is 10.9. The molecular weight excluding hydrogens is 322 g/mol. The Morgan fingerprint density at radius 2 is 2.00 bits per heavy atom. The molecule has 20 heavy (non-hydrogen) atoms. The van der Waals surface area contributed by atoms with Crippen molar-refractivity contribution >= 4 is 21.9 Å². The second-order valence-corrected chi connectivity index (χ2v) is 5.00. The molecule has 0 fully saturated rings. The first-order valence-electron chi connectivity index (χ1n) is 5.72.